The van der Waals surface area contributed by atoms with Gasteiger partial charge in [-0.3, -0.25) is 4.79 Å². The minimum absolute atomic E-state index is 0.141. The first-order chi connectivity index (χ1) is 12.5. The van der Waals surface area contributed by atoms with Crippen molar-refractivity contribution >= 4 is 46.3 Å². The molecule has 0 atom stereocenters. The lowest BCUT2D eigenvalue weighted by Gasteiger charge is -2.10. The summed E-state index contributed by atoms with van der Waals surface area (Å²) in [5.41, 5.74) is 0.489. The maximum Gasteiger partial charge on any atom is 0.346 e. The van der Waals surface area contributed by atoms with Crippen LogP contribution in [0.2, 0.25) is 0 Å². The van der Waals surface area contributed by atoms with Gasteiger partial charge in [0.25, 0.3) is 5.91 Å². The third-order valence-electron chi connectivity index (χ3n) is 3.42. The molecule has 1 heterocycles. The van der Waals surface area contributed by atoms with E-state index < -0.39 is 11.8 Å². The number of esters is 1. The quantitative estimate of drug-likeness (QED) is 0.373. The number of carbonyl (C=O) groups excluding carboxylic acids is 2. The minimum Gasteiger partial charge on any atom is -0.493 e. The van der Waals surface area contributed by atoms with Crippen molar-refractivity contribution in [2.24, 2.45) is 0 Å². The summed E-state index contributed by atoms with van der Waals surface area (Å²) in [6.07, 6.45) is 1.64. The molecule has 2 aromatic carbocycles. The number of halogens is 1. The summed E-state index contributed by atoms with van der Waals surface area (Å²) >= 11 is 6.10. The van der Waals surface area contributed by atoms with E-state index in [1.165, 1.54) is 31.4 Å². The molecule has 1 aliphatic heterocycles. The highest BCUT2D eigenvalue weighted by Gasteiger charge is 2.22. The molecule has 132 valence electrons. The molecular formula is C18H12FNO4S2. The predicted molar refractivity (Wildman–Crippen MR) is 101 cm³/mol. The zero-order valence-corrected chi connectivity index (χ0v) is 15.1. The molecule has 1 amide bonds. The van der Waals surface area contributed by atoms with Gasteiger partial charge in [0.1, 0.15) is 10.1 Å². The smallest absolute Gasteiger partial charge is 0.346 e. The molecule has 2 aromatic rings. The second-order valence-corrected chi connectivity index (χ2v) is 6.85. The van der Waals surface area contributed by atoms with E-state index in [2.05, 4.69) is 5.32 Å². The number of hydrogen-bond donors (Lipinski definition) is 1. The molecule has 0 bridgehead atoms. The van der Waals surface area contributed by atoms with Crippen molar-refractivity contribution in [2.45, 2.75) is 0 Å². The van der Waals surface area contributed by atoms with Crippen molar-refractivity contribution in [3.63, 3.8) is 0 Å². The molecule has 0 saturated carbocycles. The first-order valence-corrected chi connectivity index (χ1v) is 8.60. The average molecular weight is 389 g/mol. The third-order valence-corrected chi connectivity index (χ3v) is 4.59. The molecular weight excluding hydrogens is 377 g/mol. The SMILES string of the molecule is COc1cc(/C=C2/SC(=S)NC2=O)ccc1OC(=O)c1ccccc1F. The Balaban J connectivity index is 1.85. The molecule has 26 heavy (non-hydrogen) atoms. The molecule has 1 N–H and O–H groups in total. The van der Waals surface area contributed by atoms with Crippen molar-refractivity contribution in [1.29, 1.82) is 0 Å². The van der Waals surface area contributed by atoms with E-state index in [1.54, 1.807) is 24.3 Å². The van der Waals surface area contributed by atoms with Crippen molar-refractivity contribution in [3.8, 4) is 11.5 Å². The van der Waals surface area contributed by atoms with Crippen LogP contribution >= 0.6 is 24.0 Å². The Morgan fingerprint density at radius 2 is 2.00 bits per heavy atom. The lowest BCUT2D eigenvalue weighted by molar-refractivity contribution is -0.115. The maximum atomic E-state index is 13.7. The minimum atomic E-state index is -0.830. The molecule has 0 unspecified atom stereocenters. The van der Waals surface area contributed by atoms with Gasteiger partial charge in [0, 0.05) is 0 Å². The monoisotopic (exact) mass is 389 g/mol. The number of thioether (sulfide) groups is 1. The third kappa shape index (κ3) is 3.92. The second kappa shape index (κ2) is 7.67. The molecule has 0 radical (unpaired) electrons. The Hall–Kier alpha value is -2.71. The lowest BCUT2D eigenvalue weighted by atomic mass is 10.1. The van der Waals surface area contributed by atoms with Crippen LogP contribution in [0.25, 0.3) is 6.08 Å². The van der Waals surface area contributed by atoms with Crippen LogP contribution in [0.3, 0.4) is 0 Å². The number of hydrogen-bond acceptors (Lipinski definition) is 6. The van der Waals surface area contributed by atoms with Crippen LogP contribution in [0.5, 0.6) is 11.5 Å². The highest BCUT2D eigenvalue weighted by Crippen LogP contribution is 2.32. The maximum absolute atomic E-state index is 13.7. The van der Waals surface area contributed by atoms with Crippen molar-refractivity contribution in [2.75, 3.05) is 7.11 Å². The number of thiocarbonyl (C=S) groups is 1. The van der Waals surface area contributed by atoms with Gasteiger partial charge in [-0.25, -0.2) is 9.18 Å². The largest absolute Gasteiger partial charge is 0.493 e. The van der Waals surface area contributed by atoms with Crippen LogP contribution in [0.15, 0.2) is 47.4 Å². The number of carbonyl (C=O) groups is 2. The van der Waals surface area contributed by atoms with Gasteiger partial charge >= 0.3 is 5.97 Å². The van der Waals surface area contributed by atoms with E-state index in [0.29, 0.717) is 14.8 Å². The molecule has 1 saturated heterocycles. The van der Waals surface area contributed by atoms with E-state index in [0.717, 1.165) is 11.8 Å². The first-order valence-electron chi connectivity index (χ1n) is 7.37. The summed E-state index contributed by atoms with van der Waals surface area (Å²) in [5.74, 6) is -1.35. The fourth-order valence-corrected chi connectivity index (χ4v) is 3.26. The average Bonchev–Trinajstić information content (AvgIpc) is 2.93. The van der Waals surface area contributed by atoms with Crippen LogP contribution in [-0.2, 0) is 4.79 Å². The normalized spacial score (nSPS) is 15.1. The van der Waals surface area contributed by atoms with Crippen LogP contribution < -0.4 is 14.8 Å². The Morgan fingerprint density at radius 1 is 1.23 bits per heavy atom. The molecule has 8 heteroatoms. The van der Waals surface area contributed by atoms with E-state index in [9.17, 15) is 14.0 Å². The molecule has 3 rings (SSSR count). The fraction of sp³-hybridized carbons (Fsp3) is 0.0556. The summed E-state index contributed by atoms with van der Waals surface area (Å²) in [4.78, 5) is 24.3. The summed E-state index contributed by atoms with van der Waals surface area (Å²) in [5, 5.41) is 2.53. The van der Waals surface area contributed by atoms with Gasteiger partial charge in [0.05, 0.1) is 17.6 Å². The molecule has 5 nitrogen and oxygen atoms in total. The van der Waals surface area contributed by atoms with Gasteiger partial charge < -0.3 is 14.8 Å². The van der Waals surface area contributed by atoms with Gasteiger partial charge in [0.2, 0.25) is 0 Å². The highest BCUT2D eigenvalue weighted by molar-refractivity contribution is 8.26. The second-order valence-electron chi connectivity index (χ2n) is 5.13. The number of amides is 1. The topological polar surface area (TPSA) is 64.6 Å². The summed E-state index contributed by atoms with van der Waals surface area (Å²) in [6.45, 7) is 0. The lowest BCUT2D eigenvalue weighted by Crippen LogP contribution is -2.17. The number of methoxy groups -OCH3 is 1. The Labute approximate surface area is 158 Å². The van der Waals surface area contributed by atoms with Gasteiger partial charge in [-0.1, -0.05) is 42.2 Å². The molecule has 0 aromatic heterocycles. The van der Waals surface area contributed by atoms with Crippen molar-refractivity contribution in [1.82, 2.24) is 5.32 Å². The number of benzene rings is 2. The summed E-state index contributed by atoms with van der Waals surface area (Å²) < 4.78 is 24.6. The van der Waals surface area contributed by atoms with Crippen LogP contribution in [0.4, 0.5) is 4.39 Å². The first kappa shape index (κ1) is 18.1. The Morgan fingerprint density at radius 3 is 2.65 bits per heavy atom. The number of ether oxygens (including phenoxy) is 2. The van der Waals surface area contributed by atoms with Crippen LogP contribution in [0, 0.1) is 5.82 Å². The van der Waals surface area contributed by atoms with Crippen LogP contribution in [-0.4, -0.2) is 23.3 Å². The highest BCUT2D eigenvalue weighted by atomic mass is 32.2. The van der Waals surface area contributed by atoms with E-state index >= 15 is 0 Å². The van der Waals surface area contributed by atoms with Crippen molar-refractivity contribution < 1.29 is 23.5 Å². The molecule has 0 spiro atoms. The fourth-order valence-electron chi connectivity index (χ4n) is 2.21. The standard InChI is InChI=1S/C18H12FNO4S2/c1-23-14-8-10(9-15-16(21)20-18(25)26-15)6-7-13(14)24-17(22)11-4-2-3-5-12(11)19/h2-9H,1H3,(H,20,21,25)/b15-9+. The van der Waals surface area contributed by atoms with Gasteiger partial charge in [0.15, 0.2) is 11.5 Å². The predicted octanol–water partition coefficient (Wildman–Crippen LogP) is 3.54. The summed E-state index contributed by atoms with van der Waals surface area (Å²) in [7, 11) is 1.42. The zero-order valence-electron chi connectivity index (χ0n) is 13.4. The van der Waals surface area contributed by atoms with E-state index in [-0.39, 0.29) is 23.0 Å². The van der Waals surface area contributed by atoms with Gasteiger partial charge in [-0.2, -0.15) is 0 Å². The molecule has 1 aliphatic rings. The van der Waals surface area contributed by atoms with Gasteiger partial charge in [-0.15, -0.1) is 0 Å². The number of nitrogens with one attached hydrogen (secondary N) is 1. The number of rotatable bonds is 4. The zero-order chi connectivity index (χ0) is 18.7. The van der Waals surface area contributed by atoms with E-state index in [4.69, 9.17) is 21.7 Å². The van der Waals surface area contributed by atoms with Crippen molar-refractivity contribution in [3.05, 3.63) is 64.3 Å². The van der Waals surface area contributed by atoms with E-state index in [1.807, 2.05) is 0 Å². The Kier molecular flexibility index (Phi) is 5.34. The summed E-state index contributed by atoms with van der Waals surface area (Å²) in [6, 6.07) is 10.3. The molecule has 0 aliphatic carbocycles. The van der Waals surface area contributed by atoms with Crippen LogP contribution in [0.1, 0.15) is 15.9 Å². The Bertz CT molecular complexity index is 943. The van der Waals surface area contributed by atoms with Gasteiger partial charge in [-0.05, 0) is 35.9 Å². The molecule has 1 fully saturated rings.